The smallest absolute Gasteiger partial charge is 0.412 e. The third-order valence-corrected chi connectivity index (χ3v) is 5.21. The Kier molecular flexibility index (Phi) is 10.0. The lowest BCUT2D eigenvalue weighted by molar-refractivity contribution is -0.131. The number of aliphatic carboxylic acids is 1. The van der Waals surface area contributed by atoms with Gasteiger partial charge in [-0.3, -0.25) is 5.32 Å². The van der Waals surface area contributed by atoms with Crippen LogP contribution in [0.5, 0.6) is 5.75 Å². The lowest BCUT2D eigenvalue weighted by Crippen LogP contribution is -2.29. The van der Waals surface area contributed by atoms with Crippen molar-refractivity contribution in [2.45, 2.75) is 36.9 Å². The van der Waals surface area contributed by atoms with E-state index in [4.69, 9.17) is 14.6 Å². The van der Waals surface area contributed by atoms with Gasteiger partial charge in [-0.05, 0) is 68.0 Å². The molecule has 2 rings (SSSR count). The van der Waals surface area contributed by atoms with Crippen molar-refractivity contribution in [1.82, 2.24) is 0 Å². The number of carboxylic acid groups (broad SMARTS) is 1. The molecule has 172 valence electrons. The van der Waals surface area contributed by atoms with Gasteiger partial charge in [-0.25, -0.2) is 14.0 Å². The molecule has 1 amide bonds. The maximum atomic E-state index is 14.0. The lowest BCUT2D eigenvalue weighted by Gasteiger charge is -2.27. The van der Waals surface area contributed by atoms with E-state index < -0.39 is 35.8 Å². The molecule has 0 aliphatic carbocycles. The summed E-state index contributed by atoms with van der Waals surface area (Å²) in [6.45, 7) is 2.06. The summed E-state index contributed by atoms with van der Waals surface area (Å²) < 4.78 is 25.4. The minimum Gasteiger partial charge on any atom is -0.505 e. The first-order valence-corrected chi connectivity index (χ1v) is 11.2. The van der Waals surface area contributed by atoms with Gasteiger partial charge in [0, 0.05) is 23.3 Å². The van der Waals surface area contributed by atoms with Crippen molar-refractivity contribution in [2.24, 2.45) is 0 Å². The number of carbonyl (C=O) groups excluding carboxylic acids is 1. The Balaban J connectivity index is 2.23. The molecule has 2 aromatic rings. The molecule has 0 radical (unpaired) electrons. The molecule has 0 saturated heterocycles. The predicted octanol–water partition coefficient (Wildman–Crippen LogP) is 5.37. The molecule has 3 N–H and O–H groups in total. The fourth-order valence-corrected chi connectivity index (χ4v) is 3.38. The molecule has 0 bridgehead atoms. The highest BCUT2D eigenvalue weighted by Gasteiger charge is 2.28. The summed E-state index contributed by atoms with van der Waals surface area (Å²) in [5.74, 6) is -2.45. The van der Waals surface area contributed by atoms with Gasteiger partial charge in [-0.1, -0.05) is 12.1 Å². The van der Waals surface area contributed by atoms with Crippen LogP contribution in [0, 0.1) is 5.82 Å². The van der Waals surface area contributed by atoms with Crippen LogP contribution in [0.3, 0.4) is 0 Å². The Morgan fingerprint density at radius 3 is 2.53 bits per heavy atom. The molecule has 7 nitrogen and oxygen atoms in total. The molecule has 0 saturated carbocycles. The van der Waals surface area contributed by atoms with Crippen molar-refractivity contribution in [3.63, 3.8) is 0 Å². The Hall–Kier alpha value is -3.04. The van der Waals surface area contributed by atoms with Gasteiger partial charge < -0.3 is 19.7 Å². The van der Waals surface area contributed by atoms with Crippen molar-refractivity contribution in [1.29, 1.82) is 0 Å². The van der Waals surface area contributed by atoms with Crippen molar-refractivity contribution in [3.8, 4) is 5.75 Å². The van der Waals surface area contributed by atoms with Crippen LogP contribution in [0.2, 0.25) is 0 Å². The van der Waals surface area contributed by atoms with E-state index in [9.17, 15) is 19.1 Å². The van der Waals surface area contributed by atoms with Crippen LogP contribution >= 0.6 is 11.8 Å². The van der Waals surface area contributed by atoms with E-state index in [0.717, 1.165) is 17.0 Å². The van der Waals surface area contributed by atoms with E-state index in [1.165, 1.54) is 18.2 Å². The van der Waals surface area contributed by atoms with Crippen LogP contribution in [-0.4, -0.2) is 41.2 Å². The van der Waals surface area contributed by atoms with Gasteiger partial charge in [0.15, 0.2) is 17.7 Å². The molecular weight excluding hydrogens is 437 g/mol. The molecule has 2 aromatic carbocycles. The monoisotopic (exact) mass is 463 g/mol. The third kappa shape index (κ3) is 7.90. The van der Waals surface area contributed by atoms with Gasteiger partial charge in [-0.2, -0.15) is 0 Å². The zero-order valence-corrected chi connectivity index (χ0v) is 18.6. The summed E-state index contributed by atoms with van der Waals surface area (Å²) in [4.78, 5) is 24.3. The number of amides is 1. The van der Waals surface area contributed by atoms with Crippen molar-refractivity contribution in [2.75, 3.05) is 18.2 Å². The first-order valence-electron chi connectivity index (χ1n) is 9.95. The Morgan fingerprint density at radius 2 is 1.94 bits per heavy atom. The first-order chi connectivity index (χ1) is 15.3. The van der Waals surface area contributed by atoms with Gasteiger partial charge >= 0.3 is 12.1 Å². The largest absolute Gasteiger partial charge is 0.505 e. The number of carboxylic acids is 1. The number of aromatic hydroxyl groups is 1. The molecule has 0 aliphatic heterocycles. The molecule has 0 fully saturated rings. The summed E-state index contributed by atoms with van der Waals surface area (Å²) in [6, 6.07) is 10.9. The molecule has 0 spiro atoms. The summed E-state index contributed by atoms with van der Waals surface area (Å²) in [6.07, 6.45) is 2.67. The highest BCUT2D eigenvalue weighted by atomic mass is 32.2. The van der Waals surface area contributed by atoms with Crippen LogP contribution in [0.4, 0.5) is 14.9 Å². The second-order valence-corrected chi connectivity index (χ2v) is 7.58. The highest BCUT2D eigenvalue weighted by molar-refractivity contribution is 7.98. The van der Waals surface area contributed by atoms with Crippen LogP contribution in [0.15, 0.2) is 59.5 Å². The second kappa shape index (κ2) is 12.7. The third-order valence-electron chi connectivity index (χ3n) is 4.47. The quantitative estimate of drug-likeness (QED) is 0.304. The summed E-state index contributed by atoms with van der Waals surface area (Å²) in [7, 11) is 0. The molecular formula is C23H26FNO6S. The number of halogens is 1. The molecule has 0 aromatic heterocycles. The van der Waals surface area contributed by atoms with Crippen molar-refractivity contribution < 1.29 is 33.7 Å². The van der Waals surface area contributed by atoms with Crippen molar-refractivity contribution >= 4 is 29.5 Å². The van der Waals surface area contributed by atoms with Gasteiger partial charge in [0.25, 0.3) is 0 Å². The molecule has 32 heavy (non-hydrogen) atoms. The second-order valence-electron chi connectivity index (χ2n) is 6.70. The highest BCUT2D eigenvalue weighted by Crippen LogP contribution is 2.30. The minimum absolute atomic E-state index is 0.297. The maximum absolute atomic E-state index is 14.0. The number of phenols is 1. The minimum atomic E-state index is -1.07. The van der Waals surface area contributed by atoms with E-state index in [1.54, 1.807) is 30.8 Å². The van der Waals surface area contributed by atoms with Crippen molar-refractivity contribution in [3.05, 3.63) is 66.0 Å². The van der Waals surface area contributed by atoms with E-state index >= 15 is 0 Å². The molecule has 0 heterocycles. The molecule has 0 unspecified atom stereocenters. The number of phenolic OH excluding ortho intramolecular Hbond substituents is 1. The average Bonchev–Trinajstić information content (AvgIpc) is 2.76. The van der Waals surface area contributed by atoms with E-state index in [0.29, 0.717) is 30.7 Å². The predicted molar refractivity (Wildman–Crippen MR) is 121 cm³/mol. The summed E-state index contributed by atoms with van der Waals surface area (Å²) in [5.41, 5.74) is 0.828. The van der Waals surface area contributed by atoms with Gasteiger partial charge in [0.2, 0.25) is 0 Å². The van der Waals surface area contributed by atoms with Gasteiger partial charge in [0.05, 0.1) is 6.10 Å². The van der Waals surface area contributed by atoms with Gasteiger partial charge in [-0.15, -0.1) is 11.8 Å². The zero-order chi connectivity index (χ0) is 23.5. The lowest BCUT2D eigenvalue weighted by atomic mass is 9.99. The summed E-state index contributed by atoms with van der Waals surface area (Å²) >= 11 is 1.57. The Morgan fingerprint density at radius 1 is 1.22 bits per heavy atom. The van der Waals surface area contributed by atoms with Crippen LogP contribution in [-0.2, 0) is 14.3 Å². The fraction of sp³-hybridized carbons (Fsp3) is 0.304. The topological polar surface area (TPSA) is 105 Å². The summed E-state index contributed by atoms with van der Waals surface area (Å²) in [5, 5.41) is 20.9. The number of hydrogen-bond donors (Lipinski definition) is 3. The fourth-order valence-electron chi connectivity index (χ4n) is 2.98. The first kappa shape index (κ1) is 25.2. The van der Waals surface area contributed by atoms with Gasteiger partial charge in [0.1, 0.15) is 0 Å². The normalized spacial score (nSPS) is 13.0. The number of rotatable bonds is 11. The molecule has 2 atom stereocenters. The number of carbonyl (C=O) groups is 2. The SMILES string of the molecule is CCO[C@@H](CC/C=C/C(=O)O)[C@@H](OC(=O)Nc1ccc(SC)cc1)c1ccc(O)c(F)c1. The Bertz CT molecular complexity index is 935. The number of anilines is 1. The molecule has 0 aliphatic rings. The Labute approximate surface area is 190 Å². The standard InChI is InChI=1S/C23H26FNO6S/c1-3-30-20(6-4-5-7-21(27)28)22(15-8-13-19(26)18(24)14-15)31-23(29)25-16-9-11-17(32-2)12-10-16/h5,7-14,20,22,26H,3-4,6H2,1-2H3,(H,25,29)(H,27,28)/b7-5+/t20-,22-/m0/s1. The number of ether oxygens (including phenoxy) is 2. The number of thioether (sulfide) groups is 1. The molecule has 9 heteroatoms. The number of benzene rings is 2. The maximum Gasteiger partial charge on any atom is 0.412 e. The van der Waals surface area contributed by atoms with E-state index in [-0.39, 0.29) is 0 Å². The van der Waals surface area contributed by atoms with E-state index in [2.05, 4.69) is 5.32 Å². The number of hydrogen-bond acceptors (Lipinski definition) is 6. The van der Waals surface area contributed by atoms with Crippen LogP contribution < -0.4 is 5.32 Å². The van der Waals surface area contributed by atoms with E-state index in [1.807, 2.05) is 18.4 Å². The van der Waals surface area contributed by atoms with Crippen LogP contribution in [0.25, 0.3) is 0 Å². The number of nitrogens with one attached hydrogen (secondary N) is 1. The number of allylic oxidation sites excluding steroid dienone is 1. The average molecular weight is 464 g/mol. The van der Waals surface area contributed by atoms with Crippen LogP contribution in [0.1, 0.15) is 31.4 Å². The zero-order valence-electron chi connectivity index (χ0n) is 17.8.